The highest BCUT2D eigenvalue weighted by molar-refractivity contribution is 7.89. The molecular weight excluding hydrogens is 612 g/mol. The molecule has 0 heterocycles. The van der Waals surface area contributed by atoms with Gasteiger partial charge in [-0.25, -0.2) is 12.7 Å². The van der Waals surface area contributed by atoms with Crippen LogP contribution in [0.2, 0.25) is 0 Å². The first-order valence-electron chi connectivity index (χ1n) is 17.2. The molecule has 1 aliphatic carbocycles. The Bertz CT molecular complexity index is 1260. The van der Waals surface area contributed by atoms with E-state index in [1.54, 1.807) is 14.0 Å². The summed E-state index contributed by atoms with van der Waals surface area (Å²) in [5, 5.41) is 2.92. The zero-order chi connectivity index (χ0) is 35.4. The third kappa shape index (κ3) is 17.1. The lowest BCUT2D eigenvalue weighted by molar-refractivity contribution is -0.126. The van der Waals surface area contributed by atoms with Crippen molar-refractivity contribution >= 4 is 27.6 Å². The highest BCUT2D eigenvalue weighted by Crippen LogP contribution is 2.28. The maximum Gasteiger partial charge on any atom is 0.248 e. The number of ketones is 1. The number of terminal acetylenes is 1. The fourth-order valence-electron chi connectivity index (χ4n) is 5.58. The van der Waals surface area contributed by atoms with Crippen LogP contribution >= 0.6 is 0 Å². The monoisotopic (exact) mass is 672 g/mol. The smallest absolute Gasteiger partial charge is 0.248 e. The van der Waals surface area contributed by atoms with Crippen LogP contribution in [-0.2, 0) is 30.8 Å². The third-order valence-corrected chi connectivity index (χ3v) is 10.8. The van der Waals surface area contributed by atoms with E-state index in [0.29, 0.717) is 43.3 Å². The van der Waals surface area contributed by atoms with Gasteiger partial charge in [0, 0.05) is 32.1 Å². The molecule has 0 aromatic heterocycles. The van der Waals surface area contributed by atoms with E-state index in [0.717, 1.165) is 31.5 Å². The molecule has 0 bridgehead atoms. The molecule has 1 aliphatic rings. The molecule has 2 atom stereocenters. The van der Waals surface area contributed by atoms with Gasteiger partial charge < -0.3 is 16.0 Å². The van der Waals surface area contributed by atoms with Crippen LogP contribution in [-0.4, -0.2) is 80.2 Å². The molecule has 0 saturated heterocycles. The van der Waals surface area contributed by atoms with Gasteiger partial charge in [-0.15, -0.1) is 6.42 Å². The van der Waals surface area contributed by atoms with Gasteiger partial charge in [0.1, 0.15) is 0 Å². The minimum absolute atomic E-state index is 0.158. The SMILES string of the molecule is C#C/C=C(/C)C(=O)N[C@@H](CC1CCCCC1)C(=O)CCC(C)C.CCN(CC)CCN(C)S(=O)(=O)C[C@@H](Cc1ccccc1)C(N)=O. The summed E-state index contributed by atoms with van der Waals surface area (Å²) in [6, 6.07) is 8.96. The number of benzene rings is 1. The Hall–Kier alpha value is -3.00. The number of carbonyl (C=O) groups is 3. The van der Waals surface area contributed by atoms with Crippen molar-refractivity contribution in [1.82, 2.24) is 14.5 Å². The summed E-state index contributed by atoms with van der Waals surface area (Å²) in [6.07, 6.45) is 15.3. The van der Waals surface area contributed by atoms with Crippen LogP contribution in [0.1, 0.15) is 91.5 Å². The zero-order valence-corrected chi connectivity index (χ0v) is 30.5. The molecule has 10 heteroatoms. The number of amides is 2. The Morgan fingerprint density at radius 2 is 1.68 bits per heavy atom. The van der Waals surface area contributed by atoms with Gasteiger partial charge in [0.05, 0.1) is 17.7 Å². The number of rotatable bonds is 19. The van der Waals surface area contributed by atoms with E-state index in [2.05, 4.69) is 30.0 Å². The molecule has 1 aromatic rings. The summed E-state index contributed by atoms with van der Waals surface area (Å²) in [5.41, 5.74) is 6.82. The van der Waals surface area contributed by atoms with E-state index >= 15 is 0 Å². The summed E-state index contributed by atoms with van der Waals surface area (Å²) >= 11 is 0. The summed E-state index contributed by atoms with van der Waals surface area (Å²) < 4.78 is 26.4. The number of nitrogens with one attached hydrogen (secondary N) is 1. The highest BCUT2D eigenvalue weighted by Gasteiger charge is 2.28. The first-order valence-corrected chi connectivity index (χ1v) is 18.8. The Balaban J connectivity index is 0.000000470. The van der Waals surface area contributed by atoms with Crippen molar-refractivity contribution in [3.63, 3.8) is 0 Å². The second-order valence-corrected chi connectivity index (χ2v) is 15.2. The summed E-state index contributed by atoms with van der Waals surface area (Å²) in [4.78, 5) is 38.6. The second-order valence-electron chi connectivity index (χ2n) is 13.1. The first-order chi connectivity index (χ1) is 22.2. The molecule has 2 amide bonds. The molecule has 47 heavy (non-hydrogen) atoms. The summed E-state index contributed by atoms with van der Waals surface area (Å²) in [7, 11) is -1.98. The molecular formula is C37H60N4O5S. The number of sulfonamides is 1. The highest BCUT2D eigenvalue weighted by atomic mass is 32.2. The van der Waals surface area contributed by atoms with Gasteiger partial charge in [-0.1, -0.05) is 96.1 Å². The van der Waals surface area contributed by atoms with Gasteiger partial charge in [-0.2, -0.15) is 0 Å². The maximum atomic E-state index is 12.6. The van der Waals surface area contributed by atoms with Crippen molar-refractivity contribution in [2.24, 2.45) is 23.5 Å². The lowest BCUT2D eigenvalue weighted by Crippen LogP contribution is -2.42. The average Bonchev–Trinajstić information content (AvgIpc) is 3.04. The molecule has 0 unspecified atom stereocenters. The lowest BCUT2D eigenvalue weighted by atomic mass is 9.83. The predicted molar refractivity (Wildman–Crippen MR) is 192 cm³/mol. The largest absolute Gasteiger partial charge is 0.369 e. The number of hydrogen-bond acceptors (Lipinski definition) is 6. The minimum atomic E-state index is -3.53. The number of likely N-dealkylation sites (N-methyl/N-ethyl adjacent to an activating group) is 2. The number of allylic oxidation sites excluding steroid dienone is 1. The van der Waals surface area contributed by atoms with Crippen molar-refractivity contribution in [1.29, 1.82) is 0 Å². The van der Waals surface area contributed by atoms with E-state index < -0.39 is 21.8 Å². The van der Waals surface area contributed by atoms with E-state index in [-0.39, 0.29) is 23.5 Å². The van der Waals surface area contributed by atoms with Gasteiger partial charge in [0.15, 0.2) is 5.78 Å². The number of hydrogen-bond donors (Lipinski definition) is 2. The quantitative estimate of drug-likeness (QED) is 0.158. The van der Waals surface area contributed by atoms with Crippen molar-refractivity contribution in [3.05, 3.63) is 47.5 Å². The molecule has 3 N–H and O–H groups in total. The van der Waals surface area contributed by atoms with E-state index in [1.165, 1.54) is 42.5 Å². The third-order valence-electron chi connectivity index (χ3n) is 8.85. The number of Topliss-reactive ketones (excluding diaryl/α,β-unsaturated/α-hetero) is 1. The zero-order valence-electron chi connectivity index (χ0n) is 29.7. The van der Waals surface area contributed by atoms with Gasteiger partial charge in [0.25, 0.3) is 0 Å². The van der Waals surface area contributed by atoms with Crippen molar-refractivity contribution < 1.29 is 22.8 Å². The molecule has 0 aliphatic heterocycles. The normalized spacial score (nSPS) is 15.4. The Morgan fingerprint density at radius 3 is 2.21 bits per heavy atom. The van der Waals surface area contributed by atoms with Crippen molar-refractivity contribution in [2.45, 2.75) is 98.4 Å². The molecule has 1 aromatic carbocycles. The van der Waals surface area contributed by atoms with Crippen molar-refractivity contribution in [3.8, 4) is 12.3 Å². The van der Waals surface area contributed by atoms with Crippen LogP contribution in [0.25, 0.3) is 0 Å². The summed E-state index contributed by atoms with van der Waals surface area (Å²) in [6.45, 7) is 12.8. The molecule has 264 valence electrons. The van der Waals surface area contributed by atoms with E-state index in [1.807, 2.05) is 44.2 Å². The standard InChI is InChI=1S/C20H31NO2.C17H29N3O3S/c1-5-9-16(4)20(23)21-18(19(22)13-12-15(2)3)14-17-10-7-6-8-11-17;1-4-20(5-2)12-11-19(3)24(22,23)14-16(17(18)21)13-15-9-7-6-8-10-15/h1,9,15,17-18H,6-8,10-14H2,2-4H3,(H,21,23);6-10,16H,4-5,11-14H2,1-3H3,(H2,18,21)/b16-9-;/t18-;16-/m01/s1. The predicted octanol–water partition coefficient (Wildman–Crippen LogP) is 4.96. The number of nitrogens with two attached hydrogens (primary N) is 1. The van der Waals surface area contributed by atoms with Crippen LogP contribution in [0.5, 0.6) is 0 Å². The molecule has 1 saturated carbocycles. The second kappa shape index (κ2) is 22.5. The number of carbonyl (C=O) groups excluding carboxylic acids is 3. The van der Waals surface area contributed by atoms with Crippen LogP contribution in [0, 0.1) is 30.1 Å². The van der Waals surface area contributed by atoms with E-state index in [4.69, 9.17) is 12.2 Å². The van der Waals surface area contributed by atoms with Gasteiger partial charge in [0.2, 0.25) is 21.8 Å². The Kier molecular flexibility index (Phi) is 20.2. The van der Waals surface area contributed by atoms with Crippen LogP contribution in [0.15, 0.2) is 42.0 Å². The van der Waals surface area contributed by atoms with Crippen molar-refractivity contribution in [2.75, 3.05) is 39.0 Å². The number of primary amides is 1. The van der Waals surface area contributed by atoms with Gasteiger partial charge in [-0.3, -0.25) is 14.4 Å². The number of nitrogens with zero attached hydrogens (tertiary/aromatic N) is 2. The van der Waals surface area contributed by atoms with Crippen LogP contribution < -0.4 is 11.1 Å². The summed E-state index contributed by atoms with van der Waals surface area (Å²) in [5.74, 6) is 1.78. The average molecular weight is 673 g/mol. The first kappa shape index (κ1) is 42.0. The van der Waals surface area contributed by atoms with E-state index in [9.17, 15) is 22.8 Å². The Labute approximate surface area is 285 Å². The molecule has 9 nitrogen and oxygen atoms in total. The van der Waals surface area contributed by atoms with Crippen LogP contribution in [0.3, 0.4) is 0 Å². The molecule has 0 spiro atoms. The Morgan fingerprint density at radius 1 is 1.06 bits per heavy atom. The molecule has 0 radical (unpaired) electrons. The van der Waals surface area contributed by atoms with Gasteiger partial charge in [-0.05, 0) is 62.8 Å². The minimum Gasteiger partial charge on any atom is -0.369 e. The molecule has 2 rings (SSSR count). The fraction of sp³-hybridized carbons (Fsp3) is 0.649. The van der Waals surface area contributed by atoms with Gasteiger partial charge >= 0.3 is 0 Å². The van der Waals surface area contributed by atoms with Crippen LogP contribution in [0.4, 0.5) is 0 Å². The topological polar surface area (TPSA) is 130 Å². The fourth-order valence-corrected chi connectivity index (χ4v) is 6.98. The molecule has 1 fully saturated rings. The maximum absolute atomic E-state index is 12.6. The lowest BCUT2D eigenvalue weighted by Gasteiger charge is -2.26.